The Morgan fingerprint density at radius 2 is 1.62 bits per heavy atom. The maximum Gasteiger partial charge on any atom is 0.316 e. The molecule has 1 aliphatic rings. The summed E-state index contributed by atoms with van der Waals surface area (Å²) in [6, 6.07) is 32.4. The van der Waals surface area contributed by atoms with Crippen molar-refractivity contribution in [3.05, 3.63) is 108 Å². The molecule has 0 radical (unpaired) electrons. The lowest BCUT2D eigenvalue weighted by Gasteiger charge is -2.40. The van der Waals surface area contributed by atoms with Gasteiger partial charge in [0.1, 0.15) is 17.2 Å². The van der Waals surface area contributed by atoms with Crippen LogP contribution in [0.2, 0.25) is 0 Å². The van der Waals surface area contributed by atoms with Gasteiger partial charge in [0.05, 0.1) is 17.7 Å². The molecule has 0 saturated heterocycles. The van der Waals surface area contributed by atoms with Crippen LogP contribution < -0.4 is 5.32 Å². The largest absolute Gasteiger partial charge is 0.465 e. The van der Waals surface area contributed by atoms with Crippen LogP contribution in [0.5, 0.6) is 0 Å². The molecule has 200 valence electrons. The third-order valence-corrected chi connectivity index (χ3v) is 7.71. The van der Waals surface area contributed by atoms with E-state index in [0.717, 1.165) is 64.2 Å². The van der Waals surface area contributed by atoms with Crippen molar-refractivity contribution in [2.45, 2.75) is 38.5 Å². The molecule has 2 heterocycles. The van der Waals surface area contributed by atoms with Crippen LogP contribution in [0.1, 0.15) is 37.4 Å². The molecule has 1 aliphatic carbocycles. The van der Waals surface area contributed by atoms with Crippen molar-refractivity contribution in [3.8, 4) is 33.7 Å². The second-order valence-corrected chi connectivity index (χ2v) is 10.2. The number of ether oxygens (including phenoxy) is 1. The van der Waals surface area contributed by atoms with E-state index in [-0.39, 0.29) is 5.97 Å². The summed E-state index contributed by atoms with van der Waals surface area (Å²) in [6.45, 7) is 4.12. The number of benzene rings is 3. The van der Waals surface area contributed by atoms with Crippen LogP contribution in [0.15, 0.2) is 102 Å². The molecule has 0 aliphatic heterocycles. The minimum absolute atomic E-state index is 0.159. The molecule has 3 aromatic carbocycles. The third kappa shape index (κ3) is 4.66. The number of pyridine rings is 1. The lowest BCUT2D eigenvalue weighted by molar-refractivity contribution is -0.153. The lowest BCUT2D eigenvalue weighted by Crippen LogP contribution is -2.43. The molecule has 6 heteroatoms. The van der Waals surface area contributed by atoms with Crippen LogP contribution in [0.25, 0.3) is 33.7 Å². The van der Waals surface area contributed by atoms with Gasteiger partial charge in [0.25, 0.3) is 0 Å². The number of aromatic nitrogens is 2. The summed E-state index contributed by atoms with van der Waals surface area (Å²) in [6.07, 6.45) is 2.53. The Hall–Kier alpha value is -4.71. The van der Waals surface area contributed by atoms with E-state index in [0.29, 0.717) is 18.2 Å². The standard InChI is InChI=1S/C34H31N3O3/c1-3-39-33(38)34(20-11-21-34)26-18-19-27(24-12-6-4-7-13-24)28(22-26)32-31(23(2)37-40-32)36-30-17-10-16-29(35-30)25-14-8-5-9-15-25/h4-10,12-19,22H,3,11,20-21H2,1-2H3,(H,35,36). The molecule has 0 spiro atoms. The summed E-state index contributed by atoms with van der Waals surface area (Å²) in [5.74, 6) is 1.13. The molecular formula is C34H31N3O3. The number of nitrogens with zero attached hydrogens (tertiary/aromatic N) is 2. The summed E-state index contributed by atoms with van der Waals surface area (Å²) in [5.41, 5.74) is 6.58. The van der Waals surface area contributed by atoms with E-state index in [4.69, 9.17) is 14.2 Å². The van der Waals surface area contributed by atoms with Gasteiger partial charge in [-0.1, -0.05) is 90.4 Å². The summed E-state index contributed by atoms with van der Waals surface area (Å²) < 4.78 is 11.5. The molecular weight excluding hydrogens is 498 g/mol. The Bertz CT molecular complexity index is 1640. The monoisotopic (exact) mass is 529 g/mol. The summed E-state index contributed by atoms with van der Waals surface area (Å²) >= 11 is 0. The molecule has 0 bridgehead atoms. The second kappa shape index (κ2) is 10.8. The van der Waals surface area contributed by atoms with E-state index in [2.05, 4.69) is 40.8 Å². The van der Waals surface area contributed by atoms with Gasteiger partial charge in [-0.3, -0.25) is 4.79 Å². The van der Waals surface area contributed by atoms with E-state index < -0.39 is 5.41 Å². The minimum atomic E-state index is -0.631. The van der Waals surface area contributed by atoms with Crippen LogP contribution in [0.4, 0.5) is 11.5 Å². The van der Waals surface area contributed by atoms with Gasteiger partial charge in [-0.15, -0.1) is 0 Å². The zero-order valence-corrected chi connectivity index (χ0v) is 22.7. The molecule has 40 heavy (non-hydrogen) atoms. The number of carbonyl (C=O) groups is 1. The SMILES string of the molecule is CCOC(=O)C1(c2ccc(-c3ccccc3)c(-c3onc(C)c3Nc3cccc(-c4ccccc4)n3)c2)CCC1. The molecule has 1 fully saturated rings. The minimum Gasteiger partial charge on any atom is -0.465 e. The van der Waals surface area contributed by atoms with Crippen molar-refractivity contribution in [1.82, 2.24) is 10.1 Å². The molecule has 2 aromatic heterocycles. The first-order valence-electron chi connectivity index (χ1n) is 13.7. The smallest absolute Gasteiger partial charge is 0.316 e. The number of esters is 1. The quantitative estimate of drug-likeness (QED) is 0.205. The number of hydrogen-bond acceptors (Lipinski definition) is 6. The average molecular weight is 530 g/mol. The Kier molecular flexibility index (Phi) is 6.91. The highest BCUT2D eigenvalue weighted by Crippen LogP contribution is 2.48. The Labute approximate surface area is 234 Å². The van der Waals surface area contributed by atoms with E-state index >= 15 is 0 Å². The van der Waals surface area contributed by atoms with E-state index in [1.807, 2.05) is 80.6 Å². The number of aryl methyl sites for hydroxylation is 1. The highest BCUT2D eigenvalue weighted by Gasteiger charge is 2.47. The lowest BCUT2D eigenvalue weighted by atomic mass is 9.64. The molecule has 6 nitrogen and oxygen atoms in total. The number of hydrogen-bond donors (Lipinski definition) is 1. The first-order chi connectivity index (χ1) is 19.6. The Morgan fingerprint density at radius 3 is 2.30 bits per heavy atom. The summed E-state index contributed by atoms with van der Waals surface area (Å²) in [5, 5.41) is 7.82. The fourth-order valence-corrected chi connectivity index (χ4v) is 5.41. The number of anilines is 2. The van der Waals surface area contributed by atoms with E-state index in [1.54, 1.807) is 0 Å². The second-order valence-electron chi connectivity index (χ2n) is 10.2. The van der Waals surface area contributed by atoms with Gasteiger partial charge in [-0.2, -0.15) is 0 Å². The fraction of sp³-hybridized carbons (Fsp3) is 0.206. The molecule has 6 rings (SSSR count). The average Bonchev–Trinajstić information content (AvgIpc) is 3.33. The van der Waals surface area contributed by atoms with Gasteiger partial charge >= 0.3 is 5.97 Å². The number of rotatable bonds is 8. The van der Waals surface area contributed by atoms with Crippen molar-refractivity contribution < 1.29 is 14.1 Å². The van der Waals surface area contributed by atoms with Crippen molar-refractivity contribution >= 4 is 17.5 Å². The zero-order valence-electron chi connectivity index (χ0n) is 22.7. The zero-order chi connectivity index (χ0) is 27.5. The molecule has 5 aromatic rings. The van der Waals surface area contributed by atoms with Crippen molar-refractivity contribution in [2.24, 2.45) is 0 Å². The first-order valence-corrected chi connectivity index (χ1v) is 13.7. The number of carbonyl (C=O) groups excluding carboxylic acids is 1. The highest BCUT2D eigenvalue weighted by atomic mass is 16.5. The van der Waals surface area contributed by atoms with Gasteiger partial charge in [0.2, 0.25) is 0 Å². The van der Waals surface area contributed by atoms with Crippen LogP contribution >= 0.6 is 0 Å². The van der Waals surface area contributed by atoms with Gasteiger partial charge in [0, 0.05) is 11.1 Å². The molecule has 1 saturated carbocycles. The Morgan fingerprint density at radius 1 is 0.900 bits per heavy atom. The van der Waals surface area contributed by atoms with E-state index in [1.165, 1.54) is 0 Å². The maximum absolute atomic E-state index is 13.1. The number of nitrogens with one attached hydrogen (secondary N) is 1. The van der Waals surface area contributed by atoms with Crippen molar-refractivity contribution in [2.75, 3.05) is 11.9 Å². The fourth-order valence-electron chi connectivity index (χ4n) is 5.41. The van der Waals surface area contributed by atoms with E-state index in [9.17, 15) is 4.79 Å². The first kappa shape index (κ1) is 25.6. The molecule has 0 unspecified atom stereocenters. The van der Waals surface area contributed by atoms with Gasteiger partial charge < -0.3 is 14.6 Å². The van der Waals surface area contributed by atoms with Gasteiger partial charge in [-0.05, 0) is 61.6 Å². The topological polar surface area (TPSA) is 77.2 Å². The normalized spacial score (nSPS) is 13.8. The summed E-state index contributed by atoms with van der Waals surface area (Å²) in [7, 11) is 0. The van der Waals surface area contributed by atoms with Crippen LogP contribution in [0.3, 0.4) is 0 Å². The van der Waals surface area contributed by atoms with Gasteiger partial charge in [0.15, 0.2) is 5.76 Å². The Balaban J connectivity index is 1.45. The maximum atomic E-state index is 13.1. The molecule has 1 N–H and O–H groups in total. The highest BCUT2D eigenvalue weighted by molar-refractivity contribution is 5.91. The summed E-state index contributed by atoms with van der Waals surface area (Å²) in [4.78, 5) is 18.0. The van der Waals surface area contributed by atoms with Crippen LogP contribution in [-0.2, 0) is 14.9 Å². The molecule has 0 amide bonds. The van der Waals surface area contributed by atoms with Crippen LogP contribution in [0, 0.1) is 6.92 Å². The van der Waals surface area contributed by atoms with Gasteiger partial charge in [-0.25, -0.2) is 4.98 Å². The predicted octanol–water partition coefficient (Wildman–Crippen LogP) is 8.11. The van der Waals surface area contributed by atoms with Crippen molar-refractivity contribution in [1.29, 1.82) is 0 Å². The molecule has 0 atom stereocenters. The van der Waals surface area contributed by atoms with Crippen molar-refractivity contribution in [3.63, 3.8) is 0 Å². The van der Waals surface area contributed by atoms with Crippen LogP contribution in [-0.4, -0.2) is 22.7 Å². The third-order valence-electron chi connectivity index (χ3n) is 7.71. The predicted molar refractivity (Wildman–Crippen MR) is 157 cm³/mol.